The van der Waals surface area contributed by atoms with Gasteiger partial charge in [0.1, 0.15) is 0 Å². The van der Waals surface area contributed by atoms with Gasteiger partial charge in [-0.15, -0.1) is 12.4 Å². The fourth-order valence-corrected chi connectivity index (χ4v) is 1.82. The molecule has 108 valence electrons. The van der Waals surface area contributed by atoms with Gasteiger partial charge < -0.3 is 10.6 Å². The zero-order valence-corrected chi connectivity index (χ0v) is 12.7. The van der Waals surface area contributed by atoms with Crippen molar-refractivity contribution in [2.24, 2.45) is 0 Å². The third-order valence-electron chi connectivity index (χ3n) is 2.93. The summed E-state index contributed by atoms with van der Waals surface area (Å²) in [7, 11) is 0. The standard InChI is InChI=1S/C15H24N2O.ClH/c1-3-10-16-11-12-17-15(18)9-8-14-7-5-4-6-13(14)2;/h4-7,16H,3,8-12H2,1-2H3,(H,17,18);1H. The molecular weight excluding hydrogens is 260 g/mol. The van der Waals surface area contributed by atoms with E-state index in [1.165, 1.54) is 11.1 Å². The largest absolute Gasteiger partial charge is 0.355 e. The van der Waals surface area contributed by atoms with Crippen LogP contribution in [0.4, 0.5) is 0 Å². The molecule has 0 heterocycles. The van der Waals surface area contributed by atoms with Crippen LogP contribution in [0.25, 0.3) is 0 Å². The smallest absolute Gasteiger partial charge is 0.220 e. The van der Waals surface area contributed by atoms with E-state index < -0.39 is 0 Å². The number of halogens is 1. The van der Waals surface area contributed by atoms with Crippen molar-refractivity contribution in [2.75, 3.05) is 19.6 Å². The second-order valence-electron chi connectivity index (χ2n) is 4.53. The average molecular weight is 285 g/mol. The molecule has 1 amide bonds. The van der Waals surface area contributed by atoms with Crippen LogP contribution >= 0.6 is 12.4 Å². The van der Waals surface area contributed by atoms with Crippen LogP contribution in [-0.2, 0) is 11.2 Å². The van der Waals surface area contributed by atoms with E-state index in [1.807, 2.05) is 12.1 Å². The molecule has 0 atom stereocenters. The number of carbonyl (C=O) groups excluding carboxylic acids is 1. The molecule has 2 N–H and O–H groups in total. The van der Waals surface area contributed by atoms with Gasteiger partial charge in [0.2, 0.25) is 5.91 Å². The summed E-state index contributed by atoms with van der Waals surface area (Å²) in [5.74, 6) is 0.136. The molecular formula is C15H25ClN2O. The van der Waals surface area contributed by atoms with Crippen molar-refractivity contribution >= 4 is 18.3 Å². The molecule has 0 spiro atoms. The lowest BCUT2D eigenvalue weighted by Crippen LogP contribution is -2.32. The van der Waals surface area contributed by atoms with Crippen molar-refractivity contribution in [2.45, 2.75) is 33.1 Å². The first-order valence-electron chi connectivity index (χ1n) is 6.76. The molecule has 0 fully saturated rings. The van der Waals surface area contributed by atoms with Crippen molar-refractivity contribution in [1.82, 2.24) is 10.6 Å². The number of nitrogens with one attached hydrogen (secondary N) is 2. The molecule has 0 saturated carbocycles. The lowest BCUT2D eigenvalue weighted by Gasteiger charge is -2.07. The van der Waals surface area contributed by atoms with Gasteiger partial charge in [-0.05, 0) is 37.4 Å². The number of rotatable bonds is 8. The molecule has 0 aromatic heterocycles. The monoisotopic (exact) mass is 284 g/mol. The molecule has 0 aliphatic heterocycles. The van der Waals surface area contributed by atoms with Gasteiger partial charge in [-0.3, -0.25) is 4.79 Å². The van der Waals surface area contributed by atoms with Gasteiger partial charge in [0.15, 0.2) is 0 Å². The molecule has 1 aromatic rings. The summed E-state index contributed by atoms with van der Waals surface area (Å²) in [6.07, 6.45) is 2.51. The predicted octanol–water partition coefficient (Wildman–Crippen LogP) is 2.47. The highest BCUT2D eigenvalue weighted by atomic mass is 35.5. The van der Waals surface area contributed by atoms with Gasteiger partial charge in [-0.25, -0.2) is 0 Å². The van der Waals surface area contributed by atoms with Crippen molar-refractivity contribution in [3.05, 3.63) is 35.4 Å². The number of aryl methyl sites for hydroxylation is 2. The second kappa shape index (κ2) is 10.8. The second-order valence-corrected chi connectivity index (χ2v) is 4.53. The lowest BCUT2D eigenvalue weighted by atomic mass is 10.0. The number of amides is 1. The number of benzene rings is 1. The average Bonchev–Trinajstić information content (AvgIpc) is 2.37. The molecule has 4 heteroatoms. The van der Waals surface area contributed by atoms with E-state index in [4.69, 9.17) is 0 Å². The maximum atomic E-state index is 11.6. The van der Waals surface area contributed by atoms with Crippen molar-refractivity contribution < 1.29 is 4.79 Å². The maximum Gasteiger partial charge on any atom is 0.220 e. The Kier molecular flexibility index (Phi) is 10.2. The zero-order valence-electron chi connectivity index (χ0n) is 11.9. The quantitative estimate of drug-likeness (QED) is 0.720. The first-order chi connectivity index (χ1) is 8.74. The molecule has 0 aliphatic rings. The first kappa shape index (κ1) is 17.9. The third-order valence-corrected chi connectivity index (χ3v) is 2.93. The molecule has 0 saturated heterocycles. The van der Waals surface area contributed by atoms with Gasteiger partial charge in [0.25, 0.3) is 0 Å². The van der Waals surface area contributed by atoms with E-state index in [0.717, 1.165) is 25.9 Å². The third kappa shape index (κ3) is 7.85. The topological polar surface area (TPSA) is 41.1 Å². The molecule has 0 radical (unpaired) electrons. The summed E-state index contributed by atoms with van der Waals surface area (Å²) >= 11 is 0. The predicted molar refractivity (Wildman–Crippen MR) is 82.9 cm³/mol. The van der Waals surface area contributed by atoms with Crippen LogP contribution in [0.5, 0.6) is 0 Å². The highest BCUT2D eigenvalue weighted by molar-refractivity contribution is 5.85. The summed E-state index contributed by atoms with van der Waals surface area (Å²) in [4.78, 5) is 11.6. The van der Waals surface area contributed by atoms with Crippen molar-refractivity contribution in [3.63, 3.8) is 0 Å². The summed E-state index contributed by atoms with van der Waals surface area (Å²) in [5.41, 5.74) is 2.52. The lowest BCUT2D eigenvalue weighted by molar-refractivity contribution is -0.121. The van der Waals surface area contributed by atoms with E-state index in [2.05, 4.69) is 36.6 Å². The molecule has 0 aliphatic carbocycles. The van der Waals surface area contributed by atoms with E-state index in [1.54, 1.807) is 0 Å². The minimum atomic E-state index is 0. The summed E-state index contributed by atoms with van der Waals surface area (Å²) in [6, 6.07) is 8.22. The Morgan fingerprint density at radius 3 is 2.58 bits per heavy atom. The zero-order chi connectivity index (χ0) is 13.2. The SMILES string of the molecule is CCCNCCNC(=O)CCc1ccccc1C.Cl. The Hall–Kier alpha value is -1.06. The van der Waals surface area contributed by atoms with Crippen LogP contribution in [0.2, 0.25) is 0 Å². The Balaban J connectivity index is 0.00000324. The van der Waals surface area contributed by atoms with Gasteiger partial charge >= 0.3 is 0 Å². The van der Waals surface area contributed by atoms with Crippen molar-refractivity contribution in [3.8, 4) is 0 Å². The van der Waals surface area contributed by atoms with Crippen LogP contribution in [-0.4, -0.2) is 25.5 Å². The Morgan fingerprint density at radius 1 is 1.16 bits per heavy atom. The van der Waals surface area contributed by atoms with Crippen LogP contribution < -0.4 is 10.6 Å². The van der Waals surface area contributed by atoms with E-state index in [-0.39, 0.29) is 18.3 Å². The van der Waals surface area contributed by atoms with Crippen LogP contribution in [0.3, 0.4) is 0 Å². The fourth-order valence-electron chi connectivity index (χ4n) is 1.82. The fraction of sp³-hybridized carbons (Fsp3) is 0.533. The minimum absolute atomic E-state index is 0. The number of hydrogen-bond donors (Lipinski definition) is 2. The normalized spacial score (nSPS) is 9.79. The highest BCUT2D eigenvalue weighted by Crippen LogP contribution is 2.09. The molecule has 19 heavy (non-hydrogen) atoms. The van der Waals surface area contributed by atoms with Gasteiger partial charge in [-0.2, -0.15) is 0 Å². The van der Waals surface area contributed by atoms with Gasteiger partial charge in [-0.1, -0.05) is 31.2 Å². The van der Waals surface area contributed by atoms with E-state index in [0.29, 0.717) is 13.0 Å². The minimum Gasteiger partial charge on any atom is -0.355 e. The molecule has 3 nitrogen and oxygen atoms in total. The van der Waals surface area contributed by atoms with Crippen LogP contribution in [0, 0.1) is 6.92 Å². The van der Waals surface area contributed by atoms with Crippen molar-refractivity contribution in [1.29, 1.82) is 0 Å². The number of hydrogen-bond acceptors (Lipinski definition) is 2. The molecule has 1 aromatic carbocycles. The molecule has 1 rings (SSSR count). The Bertz CT molecular complexity index is 369. The van der Waals surface area contributed by atoms with Gasteiger partial charge in [0.05, 0.1) is 0 Å². The molecule has 0 unspecified atom stereocenters. The summed E-state index contributed by atoms with van der Waals surface area (Å²) in [5, 5.41) is 6.19. The maximum absolute atomic E-state index is 11.6. The first-order valence-corrected chi connectivity index (χ1v) is 6.76. The van der Waals surface area contributed by atoms with Crippen LogP contribution in [0.15, 0.2) is 24.3 Å². The summed E-state index contributed by atoms with van der Waals surface area (Å²) in [6.45, 7) is 6.80. The number of carbonyl (C=O) groups is 1. The van der Waals surface area contributed by atoms with E-state index >= 15 is 0 Å². The summed E-state index contributed by atoms with van der Waals surface area (Å²) < 4.78 is 0. The Morgan fingerprint density at radius 2 is 1.89 bits per heavy atom. The van der Waals surface area contributed by atoms with E-state index in [9.17, 15) is 4.79 Å². The van der Waals surface area contributed by atoms with Gasteiger partial charge in [0, 0.05) is 19.5 Å². The van der Waals surface area contributed by atoms with Crippen LogP contribution in [0.1, 0.15) is 30.9 Å². The highest BCUT2D eigenvalue weighted by Gasteiger charge is 2.03. The molecule has 0 bridgehead atoms. The Labute approximate surface area is 122 Å².